The van der Waals surface area contributed by atoms with E-state index in [0.717, 1.165) is 21.9 Å². The number of anilines is 1. The van der Waals surface area contributed by atoms with E-state index in [1.807, 2.05) is 74.5 Å². The van der Waals surface area contributed by atoms with Crippen LogP contribution in [0.4, 0.5) is 5.69 Å². The summed E-state index contributed by atoms with van der Waals surface area (Å²) in [6.07, 6.45) is 0.983. The van der Waals surface area contributed by atoms with Crippen LogP contribution in [0.2, 0.25) is 0 Å². The molecular formula is C35H39N3O5S. The Balaban J connectivity index is 1.77. The Morgan fingerprint density at radius 1 is 0.795 bits per heavy atom. The zero-order valence-corrected chi connectivity index (χ0v) is 26.1. The number of carbonyl (C=O) groups excluding carboxylic acids is 2. The minimum absolute atomic E-state index is 0.0138. The number of carbonyl (C=O) groups is 2. The van der Waals surface area contributed by atoms with Crippen LogP contribution in [-0.2, 0) is 32.6 Å². The van der Waals surface area contributed by atoms with Gasteiger partial charge in [-0.05, 0) is 60.9 Å². The fraction of sp³-hybridized carbons (Fsp3) is 0.257. The molecule has 0 saturated carbocycles. The van der Waals surface area contributed by atoms with Crippen molar-refractivity contribution in [3.05, 3.63) is 126 Å². The Labute approximate surface area is 260 Å². The first kappa shape index (κ1) is 32.3. The van der Waals surface area contributed by atoms with Crippen LogP contribution < -0.4 is 14.4 Å². The average Bonchev–Trinajstić information content (AvgIpc) is 3.06. The monoisotopic (exact) mass is 613 g/mol. The molecule has 0 spiro atoms. The molecular weight excluding hydrogens is 574 g/mol. The van der Waals surface area contributed by atoms with E-state index in [2.05, 4.69) is 5.32 Å². The third-order valence-corrected chi connectivity index (χ3v) is 9.23. The molecule has 4 rings (SSSR count). The van der Waals surface area contributed by atoms with Crippen molar-refractivity contribution in [2.75, 3.05) is 18.0 Å². The second kappa shape index (κ2) is 15.2. The van der Waals surface area contributed by atoms with E-state index < -0.39 is 28.5 Å². The molecule has 4 aromatic carbocycles. The fourth-order valence-electron chi connectivity index (χ4n) is 4.77. The summed E-state index contributed by atoms with van der Waals surface area (Å²) in [5, 5.41) is 3.05. The van der Waals surface area contributed by atoms with Crippen LogP contribution in [0.25, 0.3) is 0 Å². The fourth-order valence-corrected chi connectivity index (χ4v) is 6.19. The molecule has 0 aliphatic heterocycles. The summed E-state index contributed by atoms with van der Waals surface area (Å²) in [6, 6.07) is 32.4. The maximum absolute atomic E-state index is 14.4. The van der Waals surface area contributed by atoms with Gasteiger partial charge in [-0.3, -0.25) is 13.9 Å². The maximum atomic E-state index is 14.4. The van der Waals surface area contributed by atoms with Gasteiger partial charge in [0.05, 0.1) is 17.7 Å². The van der Waals surface area contributed by atoms with Gasteiger partial charge in [-0.2, -0.15) is 0 Å². The minimum Gasteiger partial charge on any atom is -0.497 e. The molecule has 1 N–H and O–H groups in total. The lowest BCUT2D eigenvalue weighted by Crippen LogP contribution is -2.54. The van der Waals surface area contributed by atoms with Crippen LogP contribution >= 0.6 is 0 Å². The van der Waals surface area contributed by atoms with Gasteiger partial charge in [0.15, 0.2) is 0 Å². The van der Waals surface area contributed by atoms with Gasteiger partial charge in [0, 0.05) is 19.0 Å². The summed E-state index contributed by atoms with van der Waals surface area (Å²) in [7, 11) is -2.68. The van der Waals surface area contributed by atoms with Crippen LogP contribution in [0.1, 0.15) is 31.4 Å². The van der Waals surface area contributed by atoms with Crippen LogP contribution in [0.15, 0.2) is 120 Å². The summed E-state index contributed by atoms with van der Waals surface area (Å²) in [4.78, 5) is 29.8. The summed E-state index contributed by atoms with van der Waals surface area (Å²) in [5.74, 6) is -0.289. The highest BCUT2D eigenvalue weighted by molar-refractivity contribution is 7.92. The standard InChI is InChI=1S/C35H39N3O5S/c1-4-27(2)36-35(40)33(24-28-14-8-5-9-15-28)37(25-29-16-10-6-11-17-29)34(39)26-38(30-18-12-7-13-19-30)44(41,42)32-22-20-31(43-3)21-23-32/h5-23,27,33H,4,24-26H2,1-3H3,(H,36,40)/t27-,33+/m0/s1. The summed E-state index contributed by atoms with van der Waals surface area (Å²) >= 11 is 0. The first-order valence-electron chi connectivity index (χ1n) is 14.6. The lowest BCUT2D eigenvalue weighted by atomic mass is 10.0. The highest BCUT2D eigenvalue weighted by Gasteiger charge is 2.35. The van der Waals surface area contributed by atoms with Crippen molar-refractivity contribution in [2.45, 2.75) is 50.2 Å². The van der Waals surface area contributed by atoms with Crippen molar-refractivity contribution in [3.8, 4) is 5.75 Å². The smallest absolute Gasteiger partial charge is 0.264 e. The summed E-state index contributed by atoms with van der Waals surface area (Å²) < 4.78 is 34.4. The van der Waals surface area contributed by atoms with Crippen LogP contribution in [-0.4, -0.2) is 50.9 Å². The van der Waals surface area contributed by atoms with E-state index in [4.69, 9.17) is 4.74 Å². The molecule has 2 amide bonds. The number of hydrogen-bond donors (Lipinski definition) is 1. The summed E-state index contributed by atoms with van der Waals surface area (Å²) in [5.41, 5.74) is 2.04. The molecule has 2 atom stereocenters. The Morgan fingerprint density at radius 2 is 1.34 bits per heavy atom. The molecule has 0 saturated heterocycles. The van der Waals surface area contributed by atoms with E-state index in [-0.39, 0.29) is 29.8 Å². The number of benzene rings is 4. The van der Waals surface area contributed by atoms with Gasteiger partial charge in [-0.1, -0.05) is 85.8 Å². The third kappa shape index (κ3) is 8.26. The maximum Gasteiger partial charge on any atom is 0.264 e. The molecule has 8 nitrogen and oxygen atoms in total. The number of sulfonamides is 1. The molecule has 0 radical (unpaired) electrons. The van der Waals surface area contributed by atoms with Crippen molar-refractivity contribution in [2.24, 2.45) is 0 Å². The first-order chi connectivity index (χ1) is 21.2. The number of rotatable bonds is 14. The van der Waals surface area contributed by atoms with Gasteiger partial charge in [0.25, 0.3) is 10.0 Å². The van der Waals surface area contributed by atoms with Gasteiger partial charge < -0.3 is 15.0 Å². The molecule has 0 heterocycles. The topological polar surface area (TPSA) is 96.0 Å². The second-order valence-corrected chi connectivity index (χ2v) is 12.4. The number of methoxy groups -OCH3 is 1. The zero-order chi connectivity index (χ0) is 31.5. The van der Waals surface area contributed by atoms with Gasteiger partial charge in [0.1, 0.15) is 18.3 Å². The Hall–Kier alpha value is -4.63. The van der Waals surface area contributed by atoms with E-state index >= 15 is 0 Å². The Morgan fingerprint density at radius 3 is 1.89 bits per heavy atom. The first-order valence-corrected chi connectivity index (χ1v) is 16.1. The molecule has 0 bridgehead atoms. The molecule has 0 aromatic heterocycles. The van der Waals surface area contributed by atoms with Crippen molar-refractivity contribution in [1.29, 1.82) is 0 Å². The Kier molecular flexibility index (Phi) is 11.2. The molecule has 0 aliphatic carbocycles. The van der Waals surface area contributed by atoms with Crippen LogP contribution in [0, 0.1) is 0 Å². The average molecular weight is 614 g/mol. The van der Waals surface area contributed by atoms with Gasteiger partial charge in [-0.15, -0.1) is 0 Å². The Bertz CT molecular complexity index is 1600. The predicted molar refractivity (Wildman–Crippen MR) is 173 cm³/mol. The summed E-state index contributed by atoms with van der Waals surface area (Å²) in [6.45, 7) is 3.51. The number of nitrogens with one attached hydrogen (secondary N) is 1. The third-order valence-electron chi connectivity index (χ3n) is 7.44. The highest BCUT2D eigenvalue weighted by Crippen LogP contribution is 2.26. The van der Waals surface area contributed by atoms with E-state index in [0.29, 0.717) is 11.4 Å². The van der Waals surface area contributed by atoms with Gasteiger partial charge in [-0.25, -0.2) is 8.42 Å². The number of nitrogens with zero attached hydrogens (tertiary/aromatic N) is 2. The zero-order valence-electron chi connectivity index (χ0n) is 25.3. The molecule has 0 unspecified atom stereocenters. The SMILES string of the molecule is CC[C@H](C)NC(=O)[C@@H](Cc1ccccc1)N(Cc1ccccc1)C(=O)CN(c1ccccc1)S(=O)(=O)c1ccc(OC)cc1. The molecule has 0 aliphatic rings. The number of hydrogen-bond acceptors (Lipinski definition) is 5. The number of amides is 2. The molecule has 44 heavy (non-hydrogen) atoms. The number of para-hydroxylation sites is 1. The van der Waals surface area contributed by atoms with E-state index in [1.165, 1.54) is 24.1 Å². The van der Waals surface area contributed by atoms with Crippen molar-refractivity contribution in [1.82, 2.24) is 10.2 Å². The second-order valence-electron chi connectivity index (χ2n) is 10.6. The van der Waals surface area contributed by atoms with Gasteiger partial charge in [0.2, 0.25) is 11.8 Å². The number of ether oxygens (including phenoxy) is 1. The quantitative estimate of drug-likeness (QED) is 0.204. The van der Waals surface area contributed by atoms with E-state index in [9.17, 15) is 18.0 Å². The molecule has 4 aromatic rings. The lowest BCUT2D eigenvalue weighted by molar-refractivity contribution is -0.140. The highest BCUT2D eigenvalue weighted by atomic mass is 32.2. The predicted octanol–water partition coefficient (Wildman–Crippen LogP) is 5.45. The van der Waals surface area contributed by atoms with Crippen LogP contribution in [0.3, 0.4) is 0 Å². The van der Waals surface area contributed by atoms with E-state index in [1.54, 1.807) is 42.5 Å². The van der Waals surface area contributed by atoms with Crippen LogP contribution in [0.5, 0.6) is 5.75 Å². The van der Waals surface area contributed by atoms with Gasteiger partial charge >= 0.3 is 0 Å². The molecule has 9 heteroatoms. The largest absolute Gasteiger partial charge is 0.497 e. The van der Waals surface area contributed by atoms with Crippen molar-refractivity contribution in [3.63, 3.8) is 0 Å². The molecule has 230 valence electrons. The lowest BCUT2D eigenvalue weighted by Gasteiger charge is -2.34. The normalized spacial score (nSPS) is 12.5. The van der Waals surface area contributed by atoms with Crippen molar-refractivity contribution >= 4 is 27.5 Å². The van der Waals surface area contributed by atoms with Crippen molar-refractivity contribution < 1.29 is 22.7 Å². The molecule has 0 fully saturated rings. The minimum atomic E-state index is -4.18.